The molecule has 0 bridgehead atoms. The summed E-state index contributed by atoms with van der Waals surface area (Å²) >= 11 is 8.09. The summed E-state index contributed by atoms with van der Waals surface area (Å²) < 4.78 is 0. The van der Waals surface area contributed by atoms with Crippen LogP contribution >= 0.6 is 23.4 Å². The molecular weight excluding hydrogens is 266 g/mol. The van der Waals surface area contributed by atoms with Crippen molar-refractivity contribution in [3.05, 3.63) is 28.8 Å². The molecule has 1 fully saturated rings. The van der Waals surface area contributed by atoms with Crippen LogP contribution in [0, 0.1) is 0 Å². The number of aliphatic hydroxyl groups excluding tert-OH is 1. The quantitative estimate of drug-likeness (QED) is 0.753. The van der Waals surface area contributed by atoms with Crippen LogP contribution in [-0.4, -0.2) is 23.0 Å². The largest absolute Gasteiger partial charge is 0.396 e. The third kappa shape index (κ3) is 4.16. The van der Waals surface area contributed by atoms with E-state index in [4.69, 9.17) is 16.7 Å². The standard InChI is InChI=1S/C14H20ClNOS/c1-10(7-8-17)18-14-4-2-3-13(15)12(14)9-16-11-5-6-11/h2-4,10-11,16-17H,5-9H2,1H3. The van der Waals surface area contributed by atoms with Gasteiger partial charge in [0.15, 0.2) is 0 Å². The summed E-state index contributed by atoms with van der Waals surface area (Å²) in [7, 11) is 0. The normalized spacial score (nSPS) is 16.8. The Hall–Kier alpha value is -0.220. The highest BCUT2D eigenvalue weighted by atomic mass is 35.5. The summed E-state index contributed by atoms with van der Waals surface area (Å²) in [5.74, 6) is 0. The molecule has 1 aromatic carbocycles. The Morgan fingerprint density at radius 3 is 2.94 bits per heavy atom. The maximum atomic E-state index is 8.97. The van der Waals surface area contributed by atoms with Crippen LogP contribution in [0.2, 0.25) is 5.02 Å². The third-order valence-corrected chi connectivity index (χ3v) is 4.71. The minimum absolute atomic E-state index is 0.240. The van der Waals surface area contributed by atoms with Crippen molar-refractivity contribution in [3.63, 3.8) is 0 Å². The molecule has 4 heteroatoms. The van der Waals surface area contributed by atoms with E-state index >= 15 is 0 Å². The maximum Gasteiger partial charge on any atom is 0.0462 e. The molecule has 2 nitrogen and oxygen atoms in total. The third-order valence-electron chi connectivity index (χ3n) is 3.08. The van der Waals surface area contributed by atoms with Gasteiger partial charge in [0.1, 0.15) is 0 Å². The van der Waals surface area contributed by atoms with Gasteiger partial charge in [0.05, 0.1) is 0 Å². The maximum absolute atomic E-state index is 8.97. The molecule has 0 radical (unpaired) electrons. The van der Waals surface area contributed by atoms with Crippen LogP contribution in [0.1, 0.15) is 31.7 Å². The Morgan fingerprint density at radius 2 is 2.28 bits per heavy atom. The zero-order valence-electron chi connectivity index (χ0n) is 10.7. The molecule has 18 heavy (non-hydrogen) atoms. The lowest BCUT2D eigenvalue weighted by Gasteiger charge is -2.15. The Balaban J connectivity index is 2.04. The summed E-state index contributed by atoms with van der Waals surface area (Å²) in [5, 5.41) is 13.7. The van der Waals surface area contributed by atoms with Crippen molar-refractivity contribution in [3.8, 4) is 0 Å². The van der Waals surface area contributed by atoms with Crippen LogP contribution in [-0.2, 0) is 6.54 Å². The summed E-state index contributed by atoms with van der Waals surface area (Å²) in [5.41, 5.74) is 1.20. The Morgan fingerprint density at radius 1 is 1.50 bits per heavy atom. The molecule has 0 aliphatic heterocycles. The van der Waals surface area contributed by atoms with E-state index in [0.717, 1.165) is 18.0 Å². The number of nitrogens with one attached hydrogen (secondary N) is 1. The molecule has 1 unspecified atom stereocenters. The molecule has 0 heterocycles. The van der Waals surface area contributed by atoms with E-state index in [2.05, 4.69) is 18.3 Å². The fourth-order valence-electron chi connectivity index (χ4n) is 1.81. The van der Waals surface area contributed by atoms with Crippen molar-refractivity contribution in [2.24, 2.45) is 0 Å². The molecule has 0 spiro atoms. The predicted molar refractivity (Wildman–Crippen MR) is 78.3 cm³/mol. The number of aliphatic hydroxyl groups is 1. The molecular formula is C14H20ClNOS. The SMILES string of the molecule is CC(CCO)Sc1cccc(Cl)c1CNC1CC1. The predicted octanol–water partition coefficient (Wildman–Crippen LogP) is 3.46. The first-order valence-corrected chi connectivity index (χ1v) is 7.74. The van der Waals surface area contributed by atoms with Gasteiger partial charge < -0.3 is 10.4 Å². The minimum atomic E-state index is 0.240. The Kier molecular flexibility index (Phi) is 5.37. The molecule has 0 amide bonds. The summed E-state index contributed by atoms with van der Waals surface area (Å²) in [6.45, 7) is 3.22. The van der Waals surface area contributed by atoms with Crippen molar-refractivity contribution in [2.45, 2.75) is 48.9 Å². The van der Waals surface area contributed by atoms with E-state index in [9.17, 15) is 0 Å². The Bertz CT molecular complexity index is 395. The highest BCUT2D eigenvalue weighted by Gasteiger charge is 2.21. The molecule has 1 atom stereocenters. The highest BCUT2D eigenvalue weighted by Crippen LogP contribution is 2.33. The Labute approximate surface area is 118 Å². The first-order chi connectivity index (χ1) is 8.70. The van der Waals surface area contributed by atoms with Crippen LogP contribution < -0.4 is 5.32 Å². The van der Waals surface area contributed by atoms with Gasteiger partial charge in [-0.2, -0.15) is 0 Å². The molecule has 0 saturated heterocycles. The topological polar surface area (TPSA) is 32.3 Å². The zero-order chi connectivity index (χ0) is 13.0. The summed E-state index contributed by atoms with van der Waals surface area (Å²) in [6, 6.07) is 6.76. The van der Waals surface area contributed by atoms with Crippen molar-refractivity contribution in [1.82, 2.24) is 5.32 Å². The second-order valence-corrected chi connectivity index (χ2v) is 6.70. The monoisotopic (exact) mass is 285 g/mol. The molecule has 0 aromatic heterocycles. The van der Waals surface area contributed by atoms with Crippen LogP contribution in [0.25, 0.3) is 0 Å². The molecule has 1 aliphatic carbocycles. The van der Waals surface area contributed by atoms with Gasteiger partial charge in [-0.3, -0.25) is 0 Å². The van der Waals surface area contributed by atoms with Crippen LogP contribution in [0.15, 0.2) is 23.1 Å². The van der Waals surface area contributed by atoms with Gasteiger partial charge in [-0.15, -0.1) is 11.8 Å². The van der Waals surface area contributed by atoms with E-state index in [1.54, 1.807) is 11.8 Å². The van der Waals surface area contributed by atoms with Gasteiger partial charge in [-0.1, -0.05) is 24.6 Å². The number of hydrogen-bond acceptors (Lipinski definition) is 3. The highest BCUT2D eigenvalue weighted by molar-refractivity contribution is 8.00. The average Bonchev–Trinajstić information content (AvgIpc) is 3.12. The lowest BCUT2D eigenvalue weighted by atomic mass is 10.2. The number of hydrogen-bond donors (Lipinski definition) is 2. The molecule has 1 aliphatic rings. The fourth-order valence-corrected chi connectivity index (χ4v) is 3.25. The second kappa shape index (κ2) is 6.80. The smallest absolute Gasteiger partial charge is 0.0462 e. The van der Waals surface area contributed by atoms with E-state index in [-0.39, 0.29) is 6.61 Å². The summed E-state index contributed by atoms with van der Waals surface area (Å²) in [4.78, 5) is 1.23. The molecule has 100 valence electrons. The number of thioether (sulfide) groups is 1. The lowest BCUT2D eigenvalue weighted by molar-refractivity contribution is 0.289. The van der Waals surface area contributed by atoms with Crippen LogP contribution in [0.3, 0.4) is 0 Å². The van der Waals surface area contributed by atoms with E-state index < -0.39 is 0 Å². The van der Waals surface area contributed by atoms with Gasteiger partial charge in [-0.05, 0) is 37.0 Å². The van der Waals surface area contributed by atoms with E-state index in [1.807, 2.05) is 12.1 Å². The average molecular weight is 286 g/mol. The van der Waals surface area contributed by atoms with Crippen LogP contribution in [0.4, 0.5) is 0 Å². The number of benzene rings is 1. The fraction of sp³-hybridized carbons (Fsp3) is 0.571. The lowest BCUT2D eigenvalue weighted by Crippen LogP contribution is -2.16. The van der Waals surface area contributed by atoms with Crippen molar-refractivity contribution < 1.29 is 5.11 Å². The zero-order valence-corrected chi connectivity index (χ0v) is 12.2. The second-order valence-electron chi connectivity index (χ2n) is 4.81. The van der Waals surface area contributed by atoms with Crippen molar-refractivity contribution in [1.29, 1.82) is 0 Å². The van der Waals surface area contributed by atoms with Crippen molar-refractivity contribution >= 4 is 23.4 Å². The van der Waals surface area contributed by atoms with Gasteiger partial charge in [0.25, 0.3) is 0 Å². The first-order valence-electron chi connectivity index (χ1n) is 6.49. The van der Waals surface area contributed by atoms with E-state index in [0.29, 0.717) is 11.3 Å². The van der Waals surface area contributed by atoms with Gasteiger partial charge in [0.2, 0.25) is 0 Å². The summed E-state index contributed by atoms with van der Waals surface area (Å²) in [6.07, 6.45) is 3.38. The number of halogens is 1. The van der Waals surface area contributed by atoms with Crippen LogP contribution in [0.5, 0.6) is 0 Å². The molecule has 1 saturated carbocycles. The van der Waals surface area contributed by atoms with E-state index in [1.165, 1.54) is 23.3 Å². The molecule has 2 rings (SSSR count). The number of rotatable bonds is 7. The van der Waals surface area contributed by atoms with Crippen molar-refractivity contribution in [2.75, 3.05) is 6.61 Å². The molecule has 1 aromatic rings. The van der Waals surface area contributed by atoms with Gasteiger partial charge in [-0.25, -0.2) is 0 Å². The van der Waals surface area contributed by atoms with Gasteiger partial charge in [0, 0.05) is 34.4 Å². The minimum Gasteiger partial charge on any atom is -0.396 e. The molecule has 2 N–H and O–H groups in total. The van der Waals surface area contributed by atoms with Gasteiger partial charge >= 0.3 is 0 Å². The first kappa shape index (κ1) is 14.2.